The second kappa shape index (κ2) is 20.4. The number of thiophene rings is 2. The summed E-state index contributed by atoms with van der Waals surface area (Å²) in [7, 11) is 2.11. The van der Waals surface area contributed by atoms with E-state index >= 15 is 0 Å². The van der Waals surface area contributed by atoms with Gasteiger partial charge in [-0.05, 0) is 104 Å². The summed E-state index contributed by atoms with van der Waals surface area (Å²) >= 11 is 3.91. The molecule has 0 amide bonds. The number of H-pyrrole nitrogens is 1. The van der Waals surface area contributed by atoms with Gasteiger partial charge in [0.05, 0.1) is 31.6 Å². The van der Waals surface area contributed by atoms with Crippen LogP contribution in [0.2, 0.25) is 0 Å². The first-order chi connectivity index (χ1) is 29.2. The van der Waals surface area contributed by atoms with Crippen molar-refractivity contribution < 1.29 is 44.7 Å². The summed E-state index contributed by atoms with van der Waals surface area (Å²) in [6, 6.07) is 19.6. The quantitative estimate of drug-likeness (QED) is 0.0479. The van der Waals surface area contributed by atoms with Crippen LogP contribution >= 0.6 is 34.0 Å². The Morgan fingerprint density at radius 2 is 1.64 bits per heavy atom. The number of ether oxygens (including phenoxy) is 1. The molecule has 15 nitrogen and oxygen atoms in total. The maximum absolute atomic E-state index is 13.4. The number of carbonyl (C=O) groups excluding carboxylic acids is 1. The molecule has 61 heavy (non-hydrogen) atoms. The minimum absolute atomic E-state index is 0.00724. The Morgan fingerprint density at radius 3 is 2.26 bits per heavy atom. The number of aliphatic hydroxyl groups is 2. The fourth-order valence-corrected chi connectivity index (χ4v) is 10.1. The Labute approximate surface area is 361 Å². The highest BCUT2D eigenvalue weighted by Gasteiger charge is 2.45. The van der Waals surface area contributed by atoms with Crippen molar-refractivity contribution in [1.82, 2.24) is 19.8 Å². The van der Waals surface area contributed by atoms with E-state index in [2.05, 4.69) is 22.2 Å². The van der Waals surface area contributed by atoms with Crippen LogP contribution in [-0.4, -0.2) is 90.2 Å². The number of phenols is 1. The van der Waals surface area contributed by atoms with Crippen molar-refractivity contribution in [3.05, 3.63) is 131 Å². The van der Waals surface area contributed by atoms with Gasteiger partial charge in [0.1, 0.15) is 11.9 Å². The number of nitrogens with one attached hydrogen (secondary N) is 2. The normalized spacial score (nSPS) is 16.1. The monoisotopic (exact) mass is 890 g/mol. The Bertz CT molecular complexity index is 2540. The summed E-state index contributed by atoms with van der Waals surface area (Å²) in [5, 5.41) is 55.8. The Morgan fingerprint density at radius 1 is 0.967 bits per heavy atom. The second-order valence-corrected chi connectivity index (χ2v) is 17.5. The van der Waals surface area contributed by atoms with Crippen molar-refractivity contribution in [1.29, 1.82) is 0 Å². The van der Waals surface area contributed by atoms with Crippen LogP contribution in [0.15, 0.2) is 99.2 Å². The van der Waals surface area contributed by atoms with Crippen LogP contribution in [0.4, 0.5) is 0 Å². The standard InChI is InChI=1S/C39H42N4O7S3.C4H4O4/c1-42(25-8-10-26(11-9-25)50-37(47)39(49,33-5-2-19-51-33)34-6-3-20-52-34)17-4-18-43-29-14-7-24(21-32(29)53-38(43)48)22-40-23-31(45)27-12-15-30(44)36-28(27)13-16-35(46)41-36;5-3(6)1-2-4(7)8/h2-3,5-7,12-16,19-21,25-26,31,40,44-45,49H,4,8-11,17-18,22-23H2,1H3,(H,41,46);1-2H,(H,5,6)(H,7,8)/b;2-1+/t25?,26?,31-;/m0./s1. The van der Waals surface area contributed by atoms with E-state index in [0.717, 1.165) is 54.4 Å². The summed E-state index contributed by atoms with van der Waals surface area (Å²) in [4.78, 5) is 63.3. The van der Waals surface area contributed by atoms with Crippen LogP contribution < -0.4 is 15.7 Å². The number of rotatable bonds is 16. The topological polar surface area (TPSA) is 232 Å². The molecule has 1 atom stereocenters. The SMILES string of the molecule is CN(CCCn1c(=O)sc2cc(CNC[C@H](O)c3ccc(O)c4[nH]c(=O)ccc34)ccc21)C1CCC(OC(=O)C(O)(c2cccs2)c2cccs2)CC1.O=C(O)/C=C/C(=O)O. The third kappa shape index (κ3) is 11.1. The molecule has 0 radical (unpaired) electrons. The number of aryl methyl sites for hydroxylation is 1. The third-order valence-electron chi connectivity index (χ3n) is 10.5. The van der Waals surface area contributed by atoms with Gasteiger partial charge >= 0.3 is 22.8 Å². The van der Waals surface area contributed by atoms with Gasteiger partial charge in [-0.15, -0.1) is 22.7 Å². The number of phenolic OH excluding ortho intramolecular Hbond substituents is 1. The first-order valence-corrected chi connectivity index (χ1v) is 22.0. The zero-order chi connectivity index (χ0) is 43.7. The van der Waals surface area contributed by atoms with Crippen LogP contribution in [0.1, 0.15) is 59.1 Å². The van der Waals surface area contributed by atoms with Crippen LogP contribution in [0.3, 0.4) is 0 Å². The van der Waals surface area contributed by atoms with Crippen molar-refractivity contribution >= 4 is 73.0 Å². The number of aliphatic hydroxyl groups excluding tert-OH is 1. The zero-order valence-corrected chi connectivity index (χ0v) is 35.5. The van der Waals surface area contributed by atoms with E-state index in [-0.39, 0.29) is 28.8 Å². The first kappa shape index (κ1) is 45.1. The molecule has 18 heteroatoms. The molecule has 4 aromatic heterocycles. The molecule has 322 valence electrons. The van der Waals surface area contributed by atoms with Gasteiger partial charge in [0.15, 0.2) is 0 Å². The highest BCUT2D eigenvalue weighted by Crippen LogP contribution is 2.38. The van der Waals surface area contributed by atoms with E-state index in [1.54, 1.807) is 24.3 Å². The van der Waals surface area contributed by atoms with E-state index in [0.29, 0.717) is 57.5 Å². The van der Waals surface area contributed by atoms with E-state index in [1.807, 2.05) is 45.7 Å². The number of carboxylic acid groups (broad SMARTS) is 2. The van der Waals surface area contributed by atoms with Crippen LogP contribution in [0.25, 0.3) is 21.1 Å². The van der Waals surface area contributed by atoms with E-state index in [4.69, 9.17) is 14.9 Å². The van der Waals surface area contributed by atoms with E-state index < -0.39 is 29.6 Å². The van der Waals surface area contributed by atoms with Gasteiger partial charge in [-0.1, -0.05) is 35.6 Å². The smallest absolute Gasteiger partial charge is 0.349 e. The lowest BCUT2D eigenvalue weighted by atomic mass is 9.91. The van der Waals surface area contributed by atoms with Gasteiger partial charge in [0, 0.05) is 49.3 Å². The number of fused-ring (bicyclic) bond motifs is 2. The highest BCUT2D eigenvalue weighted by molar-refractivity contribution is 7.16. The summed E-state index contributed by atoms with van der Waals surface area (Å²) in [6.45, 7) is 2.17. The van der Waals surface area contributed by atoms with E-state index in [1.165, 1.54) is 46.1 Å². The predicted molar refractivity (Wildman–Crippen MR) is 234 cm³/mol. The number of nitrogens with zero attached hydrogens (tertiary/aromatic N) is 2. The summed E-state index contributed by atoms with van der Waals surface area (Å²) < 4.78 is 8.69. The summed E-state index contributed by atoms with van der Waals surface area (Å²) in [5.41, 5.74) is 0.663. The minimum Gasteiger partial charge on any atom is -0.506 e. The number of carbonyl (C=O) groups is 3. The maximum Gasteiger partial charge on any atom is 0.349 e. The van der Waals surface area contributed by atoms with Gasteiger partial charge in [0.25, 0.3) is 0 Å². The average Bonchev–Trinajstić information content (AvgIpc) is 4.04. The van der Waals surface area contributed by atoms with Gasteiger partial charge in [-0.3, -0.25) is 14.2 Å². The molecule has 0 saturated heterocycles. The average molecular weight is 891 g/mol. The van der Waals surface area contributed by atoms with Crippen LogP contribution in [-0.2, 0) is 37.8 Å². The van der Waals surface area contributed by atoms with Gasteiger partial charge in [0.2, 0.25) is 11.2 Å². The number of aromatic hydroxyl groups is 1. The number of aliphatic carboxylic acids is 2. The van der Waals surface area contributed by atoms with Gasteiger partial charge in [-0.2, -0.15) is 0 Å². The molecule has 7 N–H and O–H groups in total. The molecular weight excluding hydrogens is 845 g/mol. The van der Waals surface area contributed by atoms with Crippen LogP contribution in [0.5, 0.6) is 5.75 Å². The van der Waals surface area contributed by atoms with Gasteiger partial charge in [-0.25, -0.2) is 14.4 Å². The largest absolute Gasteiger partial charge is 0.506 e. The minimum atomic E-state index is -1.79. The Hall–Kier alpha value is -5.47. The molecule has 1 aliphatic carbocycles. The van der Waals surface area contributed by atoms with Crippen molar-refractivity contribution in [2.45, 2.75) is 69.0 Å². The molecule has 6 aromatic rings. The predicted octanol–water partition coefficient (Wildman–Crippen LogP) is 5.38. The lowest BCUT2D eigenvalue weighted by Gasteiger charge is -2.35. The number of thiazole rings is 1. The van der Waals surface area contributed by atoms with Crippen molar-refractivity contribution in [3.8, 4) is 5.75 Å². The van der Waals surface area contributed by atoms with Crippen molar-refractivity contribution in [3.63, 3.8) is 0 Å². The number of hydrogen-bond acceptors (Lipinski definition) is 14. The van der Waals surface area contributed by atoms with E-state index in [9.17, 15) is 39.3 Å². The number of aromatic amines is 1. The number of carboxylic acids is 2. The fourth-order valence-electron chi connectivity index (χ4n) is 7.38. The molecule has 4 heterocycles. The van der Waals surface area contributed by atoms with Crippen LogP contribution in [0, 0.1) is 0 Å². The summed E-state index contributed by atoms with van der Waals surface area (Å²) in [5.74, 6) is -3.18. The number of esters is 1. The lowest BCUT2D eigenvalue weighted by molar-refractivity contribution is -0.169. The zero-order valence-electron chi connectivity index (χ0n) is 33.1. The Balaban J connectivity index is 0.000000708. The number of hydrogen-bond donors (Lipinski definition) is 7. The number of pyridine rings is 1. The Kier molecular flexibility index (Phi) is 15.1. The fraction of sp³-hybridized carbons (Fsp3) is 0.326. The summed E-state index contributed by atoms with van der Waals surface area (Å²) in [6.07, 6.45) is 4.04. The van der Waals surface area contributed by atoms with Crippen molar-refractivity contribution in [2.24, 2.45) is 0 Å². The third-order valence-corrected chi connectivity index (χ3v) is 13.4. The molecule has 0 spiro atoms. The molecule has 1 aliphatic rings. The van der Waals surface area contributed by atoms with Gasteiger partial charge < -0.3 is 45.5 Å². The molecule has 0 unspecified atom stereocenters. The molecule has 0 bridgehead atoms. The lowest BCUT2D eigenvalue weighted by Crippen LogP contribution is -2.42. The first-order valence-electron chi connectivity index (χ1n) is 19.5. The molecule has 7 rings (SSSR count). The molecule has 0 aliphatic heterocycles. The maximum atomic E-state index is 13.4. The second-order valence-electron chi connectivity index (χ2n) is 14.6. The molecule has 2 aromatic carbocycles. The molecule has 1 saturated carbocycles. The number of aromatic nitrogens is 2. The highest BCUT2D eigenvalue weighted by atomic mass is 32.1. The molecule has 1 fully saturated rings. The molecular formula is C43H46N4O11S3. The number of benzene rings is 2. The van der Waals surface area contributed by atoms with Crippen molar-refractivity contribution in [2.75, 3.05) is 20.1 Å².